The molecule has 0 aliphatic carbocycles. The number of non-ortho nitro benzene ring substituents is 1. The maximum Gasteiger partial charge on any atom is 0.270 e. The van der Waals surface area contributed by atoms with Gasteiger partial charge in [0.05, 0.1) is 4.92 Å². The van der Waals surface area contributed by atoms with Gasteiger partial charge in [0.1, 0.15) is 0 Å². The van der Waals surface area contributed by atoms with Crippen molar-refractivity contribution in [3.8, 4) is 11.4 Å². The zero-order valence-electron chi connectivity index (χ0n) is 10.2. The molecular weight excluding hydrogens is 270 g/mol. The van der Waals surface area contributed by atoms with E-state index in [1.807, 2.05) is 0 Å². The lowest BCUT2D eigenvalue weighted by atomic mass is 10.2. The zero-order chi connectivity index (χ0) is 14.0. The van der Waals surface area contributed by atoms with Crippen molar-refractivity contribution in [2.75, 3.05) is 19.0 Å². The van der Waals surface area contributed by atoms with Crippen LogP contribution in [0.25, 0.3) is 11.4 Å². The summed E-state index contributed by atoms with van der Waals surface area (Å²) in [4.78, 5) is 24.1. The van der Waals surface area contributed by atoms with Crippen LogP contribution in [0.2, 0.25) is 5.28 Å². The summed E-state index contributed by atoms with van der Waals surface area (Å²) in [7, 11) is 3.53. The van der Waals surface area contributed by atoms with Crippen LogP contribution in [-0.4, -0.2) is 34.0 Å². The highest BCUT2D eigenvalue weighted by Crippen LogP contribution is 2.22. The predicted molar refractivity (Wildman–Crippen MR) is 71.3 cm³/mol. The Hall–Kier alpha value is -2.28. The molecule has 98 valence electrons. The Bertz CT molecular complexity index is 632. The van der Waals surface area contributed by atoms with Gasteiger partial charge in [0.2, 0.25) is 11.2 Å². The summed E-state index contributed by atoms with van der Waals surface area (Å²) in [6, 6.07) is 6.04. The van der Waals surface area contributed by atoms with Gasteiger partial charge in [-0.2, -0.15) is 15.0 Å². The first kappa shape index (κ1) is 13.2. The highest BCUT2D eigenvalue weighted by molar-refractivity contribution is 6.28. The van der Waals surface area contributed by atoms with Crippen LogP contribution >= 0.6 is 11.6 Å². The predicted octanol–water partition coefficient (Wildman–Crippen LogP) is 2.17. The fourth-order valence-electron chi connectivity index (χ4n) is 1.43. The van der Waals surface area contributed by atoms with Crippen LogP contribution in [0.5, 0.6) is 0 Å². The summed E-state index contributed by atoms with van der Waals surface area (Å²) in [5.41, 5.74) is 0.488. The van der Waals surface area contributed by atoms with Gasteiger partial charge in [-0.3, -0.25) is 10.1 Å². The van der Waals surface area contributed by atoms with Gasteiger partial charge in [-0.15, -0.1) is 0 Å². The quantitative estimate of drug-likeness (QED) is 0.632. The fraction of sp³-hybridized carbons (Fsp3) is 0.182. The molecule has 1 aromatic heterocycles. The summed E-state index contributed by atoms with van der Waals surface area (Å²) in [5, 5.41) is 10.8. The average Bonchev–Trinajstić information content (AvgIpc) is 2.38. The number of anilines is 1. The lowest BCUT2D eigenvalue weighted by molar-refractivity contribution is -0.384. The molecular formula is C11H10ClN5O2. The first-order chi connectivity index (χ1) is 8.97. The molecule has 0 bridgehead atoms. The van der Waals surface area contributed by atoms with Gasteiger partial charge in [0.15, 0.2) is 5.82 Å². The van der Waals surface area contributed by atoms with Crippen molar-refractivity contribution in [1.82, 2.24) is 15.0 Å². The van der Waals surface area contributed by atoms with Crippen molar-refractivity contribution >= 4 is 23.2 Å². The number of nitro groups is 1. The Morgan fingerprint density at radius 2 is 2.00 bits per heavy atom. The molecule has 0 atom stereocenters. The summed E-state index contributed by atoms with van der Waals surface area (Å²) >= 11 is 5.82. The smallest absolute Gasteiger partial charge is 0.270 e. The minimum atomic E-state index is -0.473. The normalized spacial score (nSPS) is 10.3. The molecule has 2 rings (SSSR count). The van der Waals surface area contributed by atoms with Gasteiger partial charge in [-0.05, 0) is 11.6 Å². The Labute approximate surface area is 114 Å². The molecule has 0 spiro atoms. The standard InChI is InChI=1S/C11H10ClN5O2/c1-16(2)11-14-9(13-10(12)15-11)7-4-3-5-8(6-7)17(18)19/h3-6H,1-2H3. The second-order valence-electron chi connectivity index (χ2n) is 3.93. The number of benzene rings is 1. The number of aromatic nitrogens is 3. The van der Waals surface area contributed by atoms with Gasteiger partial charge >= 0.3 is 0 Å². The number of hydrogen-bond acceptors (Lipinski definition) is 6. The van der Waals surface area contributed by atoms with Gasteiger partial charge < -0.3 is 4.90 Å². The molecule has 0 aliphatic rings. The zero-order valence-corrected chi connectivity index (χ0v) is 11.0. The summed E-state index contributed by atoms with van der Waals surface area (Å²) in [6.07, 6.45) is 0. The van der Waals surface area contributed by atoms with Crippen LogP contribution in [0.1, 0.15) is 0 Å². The van der Waals surface area contributed by atoms with Crippen molar-refractivity contribution < 1.29 is 4.92 Å². The largest absolute Gasteiger partial charge is 0.347 e. The molecule has 8 heteroatoms. The van der Waals surface area contributed by atoms with Crippen LogP contribution in [-0.2, 0) is 0 Å². The van der Waals surface area contributed by atoms with E-state index in [1.54, 1.807) is 31.1 Å². The number of halogens is 1. The fourth-order valence-corrected chi connectivity index (χ4v) is 1.58. The minimum Gasteiger partial charge on any atom is -0.347 e. The van der Waals surface area contributed by atoms with Crippen LogP contribution in [0.4, 0.5) is 11.6 Å². The van der Waals surface area contributed by atoms with Gasteiger partial charge in [-0.25, -0.2) is 0 Å². The van der Waals surface area contributed by atoms with Crippen LogP contribution < -0.4 is 4.90 Å². The van der Waals surface area contributed by atoms with E-state index in [1.165, 1.54) is 12.1 Å². The first-order valence-corrected chi connectivity index (χ1v) is 5.69. The van der Waals surface area contributed by atoms with Gasteiger partial charge in [0.25, 0.3) is 5.69 Å². The molecule has 19 heavy (non-hydrogen) atoms. The summed E-state index contributed by atoms with van der Waals surface area (Å²) < 4.78 is 0. The molecule has 1 heterocycles. The maximum atomic E-state index is 10.7. The third-order valence-corrected chi connectivity index (χ3v) is 2.48. The number of hydrogen-bond donors (Lipinski definition) is 0. The average molecular weight is 280 g/mol. The number of nitro benzene ring substituents is 1. The van der Waals surface area contributed by atoms with Crippen LogP contribution in [0.3, 0.4) is 0 Å². The molecule has 7 nitrogen and oxygen atoms in total. The van der Waals surface area contributed by atoms with Crippen molar-refractivity contribution in [1.29, 1.82) is 0 Å². The maximum absolute atomic E-state index is 10.7. The SMILES string of the molecule is CN(C)c1nc(Cl)nc(-c2cccc([N+](=O)[O-])c2)n1. The first-order valence-electron chi connectivity index (χ1n) is 5.31. The Kier molecular flexibility index (Phi) is 3.57. The number of nitrogens with zero attached hydrogens (tertiary/aromatic N) is 5. The van der Waals surface area contributed by atoms with E-state index >= 15 is 0 Å². The molecule has 0 aliphatic heterocycles. The van der Waals surface area contributed by atoms with Crippen molar-refractivity contribution in [3.05, 3.63) is 39.7 Å². The van der Waals surface area contributed by atoms with Crippen molar-refractivity contribution in [2.45, 2.75) is 0 Å². The van der Waals surface area contributed by atoms with Crippen molar-refractivity contribution in [3.63, 3.8) is 0 Å². The Morgan fingerprint density at radius 1 is 1.26 bits per heavy atom. The molecule has 0 amide bonds. The van der Waals surface area contributed by atoms with Gasteiger partial charge in [0, 0.05) is 31.8 Å². The third kappa shape index (κ3) is 2.94. The molecule has 1 aromatic carbocycles. The Balaban J connectivity index is 2.52. The second-order valence-corrected chi connectivity index (χ2v) is 4.27. The molecule has 0 saturated carbocycles. The van der Waals surface area contributed by atoms with E-state index in [2.05, 4.69) is 15.0 Å². The molecule has 0 saturated heterocycles. The molecule has 0 unspecified atom stereocenters. The molecule has 2 aromatic rings. The monoisotopic (exact) mass is 279 g/mol. The topological polar surface area (TPSA) is 85.0 Å². The second kappa shape index (κ2) is 5.15. The van der Waals surface area contributed by atoms with E-state index in [9.17, 15) is 10.1 Å². The highest BCUT2D eigenvalue weighted by Gasteiger charge is 2.12. The van der Waals surface area contributed by atoms with E-state index in [-0.39, 0.29) is 11.0 Å². The molecule has 0 fully saturated rings. The lowest BCUT2D eigenvalue weighted by Crippen LogP contribution is -2.13. The van der Waals surface area contributed by atoms with E-state index in [0.717, 1.165) is 0 Å². The molecule has 0 radical (unpaired) electrons. The van der Waals surface area contributed by atoms with E-state index in [0.29, 0.717) is 17.3 Å². The number of rotatable bonds is 3. The third-order valence-electron chi connectivity index (χ3n) is 2.31. The van der Waals surface area contributed by atoms with E-state index < -0.39 is 4.92 Å². The van der Waals surface area contributed by atoms with E-state index in [4.69, 9.17) is 11.6 Å². The summed E-state index contributed by atoms with van der Waals surface area (Å²) in [5.74, 6) is 0.689. The van der Waals surface area contributed by atoms with Gasteiger partial charge in [-0.1, -0.05) is 12.1 Å². The van der Waals surface area contributed by atoms with Crippen molar-refractivity contribution in [2.24, 2.45) is 0 Å². The minimum absolute atomic E-state index is 0.0274. The Morgan fingerprint density at radius 3 is 2.63 bits per heavy atom. The van der Waals surface area contributed by atoms with Crippen LogP contribution in [0.15, 0.2) is 24.3 Å². The lowest BCUT2D eigenvalue weighted by Gasteiger charge is -2.10. The molecule has 0 N–H and O–H groups in total. The summed E-state index contributed by atoms with van der Waals surface area (Å²) in [6.45, 7) is 0. The highest BCUT2D eigenvalue weighted by atomic mass is 35.5. The van der Waals surface area contributed by atoms with Crippen LogP contribution in [0, 0.1) is 10.1 Å².